The fourth-order valence-electron chi connectivity index (χ4n) is 6.05. The molecule has 0 aliphatic carbocycles. The molecule has 0 bridgehead atoms. The first-order valence-electron chi connectivity index (χ1n) is 18.0. The summed E-state index contributed by atoms with van der Waals surface area (Å²) in [4.78, 5) is 93.8. The molecule has 346 valence electrons. The predicted molar refractivity (Wildman–Crippen MR) is 235 cm³/mol. The van der Waals surface area contributed by atoms with Crippen molar-refractivity contribution in [1.82, 2.24) is 0 Å². The van der Waals surface area contributed by atoms with Crippen LogP contribution < -0.4 is 0 Å². The third-order valence-corrected chi connectivity index (χ3v) is 8.92. The largest absolute Gasteiger partial charge is 0.478 e. The van der Waals surface area contributed by atoms with E-state index >= 15 is 0 Å². The molecular weight excluding hydrogens is 890 g/mol. The molecule has 0 unspecified atom stereocenters. The molecule has 6 aromatic carbocycles. The lowest BCUT2D eigenvalue weighted by Gasteiger charge is -2.09. The highest BCUT2D eigenvalue weighted by Crippen LogP contribution is 2.34. The van der Waals surface area contributed by atoms with Gasteiger partial charge in [-0.25, -0.2) is 19.2 Å². The van der Waals surface area contributed by atoms with Gasteiger partial charge in [-0.1, -0.05) is 43.8 Å². The molecule has 24 nitrogen and oxygen atoms in total. The third-order valence-electron chi connectivity index (χ3n) is 8.92. The lowest BCUT2D eigenvalue weighted by Crippen LogP contribution is -2.06. The number of carboxylic acids is 4. The summed E-state index contributed by atoms with van der Waals surface area (Å²) in [7, 11) is 0. The van der Waals surface area contributed by atoms with Crippen LogP contribution in [0.15, 0.2) is 121 Å². The maximum atomic E-state index is 11.3. The van der Waals surface area contributed by atoms with Crippen LogP contribution in [-0.2, 0) is 0 Å². The number of carbonyl (C=O) groups is 4. The van der Waals surface area contributed by atoms with Gasteiger partial charge in [0.2, 0.25) is 0 Å². The number of carboxylic acid groups (broad SMARTS) is 4. The molecule has 0 aromatic heterocycles. The average Bonchev–Trinajstić information content (AvgIpc) is 3.26. The Kier molecular flexibility index (Phi) is 18.6. The minimum Gasteiger partial charge on any atom is -0.478 e. The molecular formula is C43H35N5O19. The van der Waals surface area contributed by atoms with Crippen molar-refractivity contribution in [3.05, 3.63) is 205 Å². The summed E-state index contributed by atoms with van der Waals surface area (Å²) in [6.45, 7) is 3.56. The van der Waals surface area contributed by atoms with Crippen LogP contribution in [0, 0.1) is 64.4 Å². The van der Waals surface area contributed by atoms with Gasteiger partial charge in [0.25, 0.3) is 27.8 Å². The van der Waals surface area contributed by atoms with Gasteiger partial charge in [0, 0.05) is 48.5 Å². The highest BCUT2D eigenvalue weighted by Gasteiger charge is 2.23. The van der Waals surface area contributed by atoms with Crippen molar-refractivity contribution in [2.75, 3.05) is 0 Å². The Morgan fingerprint density at radius 1 is 0.373 bits per heavy atom. The molecule has 0 aliphatic rings. The van der Waals surface area contributed by atoms with Crippen LogP contribution in [0.1, 0.15) is 60.0 Å². The number of nitrogens with zero attached hydrogens (tertiary/aromatic N) is 5. The zero-order valence-electron chi connectivity index (χ0n) is 33.7. The van der Waals surface area contributed by atoms with E-state index in [4.69, 9.17) is 25.5 Å². The summed E-state index contributed by atoms with van der Waals surface area (Å²) in [6.07, 6.45) is 0. The van der Waals surface area contributed by atoms with Crippen molar-refractivity contribution in [2.45, 2.75) is 21.3 Å². The van der Waals surface area contributed by atoms with Gasteiger partial charge < -0.3 is 25.6 Å². The molecule has 0 amide bonds. The van der Waals surface area contributed by atoms with Gasteiger partial charge in [-0.05, 0) is 94.8 Å². The number of hydrogen-bond donors (Lipinski definition) is 5. The molecule has 0 spiro atoms. The number of nitro groups is 4. The highest BCUT2D eigenvalue weighted by molar-refractivity contribution is 6.03. The van der Waals surface area contributed by atoms with Gasteiger partial charge in [-0.3, -0.25) is 40.5 Å². The summed E-state index contributed by atoms with van der Waals surface area (Å²) >= 11 is 0. The summed E-state index contributed by atoms with van der Waals surface area (Å²) in [5.41, 5.74) is 2.13. The number of aryl methyl sites for hydroxylation is 2. The molecule has 0 radical (unpaired) electrons. The normalized spacial score (nSPS) is 9.76. The molecule has 0 heterocycles. The molecule has 0 fully saturated rings. The van der Waals surface area contributed by atoms with E-state index in [-0.39, 0.29) is 41.1 Å². The van der Waals surface area contributed by atoms with E-state index in [1.165, 1.54) is 36.4 Å². The van der Waals surface area contributed by atoms with Gasteiger partial charge in [-0.15, -0.1) is 10.1 Å². The van der Waals surface area contributed by atoms with Crippen LogP contribution in [0.4, 0.5) is 22.7 Å². The topological polar surface area (TPSA) is 385 Å². The van der Waals surface area contributed by atoms with Crippen molar-refractivity contribution < 1.29 is 69.6 Å². The van der Waals surface area contributed by atoms with E-state index in [0.717, 1.165) is 58.7 Å². The lowest BCUT2D eigenvalue weighted by molar-refractivity contribution is -0.742. The van der Waals surface area contributed by atoms with Crippen molar-refractivity contribution in [2.24, 2.45) is 0 Å². The summed E-state index contributed by atoms with van der Waals surface area (Å²) in [5.74, 6) is -5.15. The Hall–Kier alpha value is -10.0. The predicted octanol–water partition coefficient (Wildman–Crippen LogP) is 9.39. The van der Waals surface area contributed by atoms with Gasteiger partial charge in [0.1, 0.15) is 0 Å². The number of hydrogen-bond acceptors (Lipinski definition) is 14. The minimum atomic E-state index is -1.50. The van der Waals surface area contributed by atoms with Crippen LogP contribution in [0.25, 0.3) is 33.4 Å². The Morgan fingerprint density at radius 2 is 0.597 bits per heavy atom. The van der Waals surface area contributed by atoms with Crippen LogP contribution in [-0.4, -0.2) is 74.3 Å². The van der Waals surface area contributed by atoms with Crippen LogP contribution >= 0.6 is 0 Å². The van der Waals surface area contributed by atoms with E-state index in [1.54, 1.807) is 62.4 Å². The standard InChI is InChI=1S/C14H8N2O8.C14H12N2O4.C14H10O4.CH4.HNO3/c17-13(18)11-5-7(15(21)22)1-3-9(11)10-4-2-8(16(23)24)6-12(10)14(19)20;1-9-7-11(15(17)18)3-5-13(9)14-6-4-12(16(19)20)8-10(14)2;15-13(16)11-7-3-1-5-9(11)10-6-2-4-8-12(10)14(17)18;;2-1(3)4/h1-6H,(H,17,18)(H,19,20);3-8H,1-2H3;1-8H,(H,15,16)(H,17,18);1H4;(H,2,3,4). The smallest absolute Gasteiger partial charge is 0.336 e. The first-order chi connectivity index (χ1) is 31.0. The Bertz CT molecular complexity index is 2740. The second-order valence-electron chi connectivity index (χ2n) is 13.0. The molecule has 6 aromatic rings. The van der Waals surface area contributed by atoms with E-state index in [1.807, 2.05) is 0 Å². The molecule has 24 heteroatoms. The maximum Gasteiger partial charge on any atom is 0.336 e. The van der Waals surface area contributed by atoms with Crippen LogP contribution in [0.2, 0.25) is 0 Å². The number of nitro benzene ring substituents is 4. The highest BCUT2D eigenvalue weighted by atomic mass is 16.9. The number of aromatic carboxylic acids is 4. The summed E-state index contributed by atoms with van der Waals surface area (Å²) < 4.78 is 0. The first kappa shape index (κ1) is 53.1. The minimum absolute atomic E-state index is 0. The number of non-ortho nitro benzene ring substituents is 4. The van der Waals surface area contributed by atoms with Crippen LogP contribution in [0.3, 0.4) is 0 Å². The monoisotopic (exact) mass is 925 g/mol. The lowest BCUT2D eigenvalue weighted by atomic mass is 9.94. The second kappa shape index (κ2) is 23.4. The Labute approximate surface area is 375 Å². The maximum absolute atomic E-state index is 11.3. The molecule has 0 aliphatic heterocycles. The summed E-state index contributed by atoms with van der Waals surface area (Å²) in [6, 6.07) is 27.7. The molecule has 5 N–H and O–H groups in total. The summed E-state index contributed by atoms with van der Waals surface area (Å²) in [5, 5.41) is 93.3. The van der Waals surface area contributed by atoms with Gasteiger partial charge in [0.05, 0.1) is 41.9 Å². The molecule has 0 atom stereocenters. The Morgan fingerprint density at radius 3 is 0.836 bits per heavy atom. The number of benzene rings is 6. The molecule has 67 heavy (non-hydrogen) atoms. The zero-order chi connectivity index (χ0) is 49.6. The fourth-order valence-corrected chi connectivity index (χ4v) is 6.05. The van der Waals surface area contributed by atoms with Gasteiger partial charge in [0.15, 0.2) is 0 Å². The molecule has 0 saturated carbocycles. The van der Waals surface area contributed by atoms with E-state index in [2.05, 4.69) is 0 Å². The van der Waals surface area contributed by atoms with Crippen LogP contribution in [0.5, 0.6) is 0 Å². The molecule has 6 rings (SSSR count). The van der Waals surface area contributed by atoms with E-state index in [9.17, 15) is 69.8 Å². The van der Waals surface area contributed by atoms with Crippen molar-refractivity contribution in [3.63, 3.8) is 0 Å². The van der Waals surface area contributed by atoms with Gasteiger partial charge >= 0.3 is 23.9 Å². The quantitative estimate of drug-likeness (QED) is 0.0596. The second-order valence-corrected chi connectivity index (χ2v) is 13.0. The third kappa shape index (κ3) is 14.0. The average molecular weight is 926 g/mol. The molecule has 0 saturated heterocycles. The Balaban J connectivity index is 0.000000332. The first-order valence-corrected chi connectivity index (χ1v) is 18.0. The SMILES string of the molecule is C.Cc1cc([N+](=O)[O-])ccc1-c1ccc([N+](=O)[O-])cc1C.O=C(O)c1cc([N+](=O)[O-])ccc1-c1ccc([N+](=O)[O-])cc1C(=O)O.O=C(O)c1ccccc1-c1ccccc1C(=O)O.O=[N+]([O-])O. The van der Waals surface area contributed by atoms with Crippen molar-refractivity contribution >= 4 is 46.6 Å². The van der Waals surface area contributed by atoms with E-state index in [0.29, 0.717) is 11.1 Å². The van der Waals surface area contributed by atoms with Crippen molar-refractivity contribution in [3.8, 4) is 33.4 Å². The van der Waals surface area contributed by atoms with Crippen molar-refractivity contribution in [1.29, 1.82) is 0 Å². The fraction of sp³-hybridized carbons (Fsp3) is 0.0698. The van der Waals surface area contributed by atoms with Gasteiger partial charge in [-0.2, -0.15) is 0 Å². The van der Waals surface area contributed by atoms with E-state index < -0.39 is 71.2 Å². The zero-order valence-corrected chi connectivity index (χ0v) is 33.7. The number of rotatable bonds is 11.